The molecule has 1 atom stereocenters. The van der Waals surface area contributed by atoms with E-state index in [1.54, 1.807) is 17.5 Å². The topological polar surface area (TPSA) is 63.8 Å². The van der Waals surface area contributed by atoms with Gasteiger partial charge in [-0.25, -0.2) is 10.4 Å². The van der Waals surface area contributed by atoms with Crippen molar-refractivity contribution in [1.82, 2.24) is 15.4 Å². The fraction of sp³-hybridized carbons (Fsp3) is 0.143. The van der Waals surface area contributed by atoms with Crippen molar-refractivity contribution in [2.45, 2.75) is 13.0 Å². The maximum absolute atomic E-state index is 5.72. The van der Waals surface area contributed by atoms with Crippen LogP contribution in [0, 0.1) is 6.92 Å². The van der Waals surface area contributed by atoms with Crippen LogP contribution in [0.15, 0.2) is 42.0 Å². The second-order valence-electron chi connectivity index (χ2n) is 4.36. The van der Waals surface area contributed by atoms with Gasteiger partial charge in [-0.15, -0.1) is 11.3 Å². The van der Waals surface area contributed by atoms with E-state index in [4.69, 9.17) is 5.84 Å². The predicted molar refractivity (Wildman–Crippen MR) is 77.8 cm³/mol. The van der Waals surface area contributed by atoms with E-state index in [-0.39, 0.29) is 6.04 Å². The first kappa shape index (κ1) is 12.2. The number of nitrogens with two attached hydrogens (primary N) is 1. The Hall–Kier alpha value is -1.82. The van der Waals surface area contributed by atoms with Gasteiger partial charge in [0.2, 0.25) is 0 Å². The Morgan fingerprint density at radius 2 is 2.16 bits per heavy atom. The van der Waals surface area contributed by atoms with Crippen LogP contribution in [0.4, 0.5) is 0 Å². The van der Waals surface area contributed by atoms with Gasteiger partial charge in [0, 0.05) is 11.6 Å². The second-order valence-corrected chi connectivity index (χ2v) is 5.24. The number of nitrogens with one attached hydrogen (secondary N) is 1. The zero-order valence-corrected chi connectivity index (χ0v) is 11.3. The monoisotopic (exact) mass is 270 g/mol. The van der Waals surface area contributed by atoms with Crippen LogP contribution in [0.1, 0.15) is 22.2 Å². The number of hydrogen-bond acceptors (Lipinski definition) is 5. The van der Waals surface area contributed by atoms with Crippen LogP contribution in [0.25, 0.3) is 10.9 Å². The number of aromatic nitrogens is 2. The number of rotatable bonds is 3. The number of hydrazine groups is 1. The first-order chi connectivity index (χ1) is 9.29. The molecular formula is C14H14N4S. The molecular weight excluding hydrogens is 256 g/mol. The summed E-state index contributed by atoms with van der Waals surface area (Å²) in [6, 6.07) is 10.2. The SMILES string of the molecule is Cc1ncsc1C(NN)c1ccc2cccnc2c1. The van der Waals surface area contributed by atoms with Gasteiger partial charge in [-0.1, -0.05) is 18.2 Å². The largest absolute Gasteiger partial charge is 0.271 e. The van der Waals surface area contributed by atoms with Gasteiger partial charge in [0.15, 0.2) is 0 Å². The minimum atomic E-state index is -0.0427. The fourth-order valence-electron chi connectivity index (χ4n) is 2.17. The summed E-state index contributed by atoms with van der Waals surface area (Å²) >= 11 is 1.61. The van der Waals surface area contributed by atoms with Gasteiger partial charge in [-0.05, 0) is 24.6 Å². The smallest absolute Gasteiger partial charge is 0.0822 e. The van der Waals surface area contributed by atoms with E-state index in [9.17, 15) is 0 Å². The van der Waals surface area contributed by atoms with E-state index in [0.29, 0.717) is 0 Å². The number of aryl methyl sites for hydroxylation is 1. The highest BCUT2D eigenvalue weighted by molar-refractivity contribution is 7.09. The lowest BCUT2D eigenvalue weighted by Gasteiger charge is -2.15. The summed E-state index contributed by atoms with van der Waals surface area (Å²) < 4.78 is 0. The number of thiazole rings is 1. The van der Waals surface area contributed by atoms with Crippen molar-refractivity contribution in [1.29, 1.82) is 0 Å². The quantitative estimate of drug-likeness (QED) is 0.567. The Labute approximate surface area is 115 Å². The summed E-state index contributed by atoms with van der Waals surface area (Å²) in [5.74, 6) is 5.72. The third-order valence-electron chi connectivity index (χ3n) is 3.17. The summed E-state index contributed by atoms with van der Waals surface area (Å²) in [7, 11) is 0. The lowest BCUT2D eigenvalue weighted by Crippen LogP contribution is -2.28. The Balaban J connectivity index is 2.09. The number of nitrogens with zero attached hydrogens (tertiary/aromatic N) is 2. The number of benzene rings is 1. The number of fused-ring (bicyclic) bond motifs is 1. The molecule has 4 nitrogen and oxygen atoms in total. The van der Waals surface area contributed by atoms with E-state index in [2.05, 4.69) is 39.7 Å². The summed E-state index contributed by atoms with van der Waals surface area (Å²) in [6.07, 6.45) is 1.80. The van der Waals surface area contributed by atoms with Gasteiger partial charge in [-0.2, -0.15) is 0 Å². The maximum Gasteiger partial charge on any atom is 0.0822 e. The van der Waals surface area contributed by atoms with Crippen molar-refractivity contribution >= 4 is 22.2 Å². The molecule has 0 spiro atoms. The molecule has 0 aliphatic heterocycles. The first-order valence-corrected chi connectivity index (χ1v) is 6.88. The van der Waals surface area contributed by atoms with Gasteiger partial charge in [0.05, 0.1) is 27.6 Å². The van der Waals surface area contributed by atoms with Gasteiger partial charge in [-0.3, -0.25) is 10.8 Å². The molecule has 0 amide bonds. The molecule has 0 radical (unpaired) electrons. The van der Waals surface area contributed by atoms with Crippen LogP contribution in [0.5, 0.6) is 0 Å². The highest BCUT2D eigenvalue weighted by atomic mass is 32.1. The molecule has 1 unspecified atom stereocenters. The molecule has 2 aromatic heterocycles. The van der Waals surface area contributed by atoms with Crippen LogP contribution in [-0.4, -0.2) is 9.97 Å². The third-order valence-corrected chi connectivity index (χ3v) is 4.17. The average molecular weight is 270 g/mol. The lowest BCUT2D eigenvalue weighted by atomic mass is 10.0. The Morgan fingerprint density at radius 3 is 2.89 bits per heavy atom. The normalized spacial score (nSPS) is 12.7. The van der Waals surface area contributed by atoms with Gasteiger partial charge in [0.1, 0.15) is 0 Å². The van der Waals surface area contributed by atoms with Crippen molar-refractivity contribution in [3.63, 3.8) is 0 Å². The molecule has 96 valence electrons. The van der Waals surface area contributed by atoms with Gasteiger partial charge < -0.3 is 0 Å². The van der Waals surface area contributed by atoms with E-state index in [1.165, 1.54) is 0 Å². The van der Waals surface area contributed by atoms with Gasteiger partial charge in [0.25, 0.3) is 0 Å². The molecule has 2 heterocycles. The van der Waals surface area contributed by atoms with Crippen molar-refractivity contribution in [3.8, 4) is 0 Å². The lowest BCUT2D eigenvalue weighted by molar-refractivity contribution is 0.642. The van der Waals surface area contributed by atoms with E-state index in [1.807, 2.05) is 18.5 Å². The Morgan fingerprint density at radius 1 is 1.26 bits per heavy atom. The Kier molecular flexibility index (Phi) is 3.25. The average Bonchev–Trinajstić information content (AvgIpc) is 2.86. The zero-order chi connectivity index (χ0) is 13.2. The van der Waals surface area contributed by atoms with Crippen LogP contribution in [-0.2, 0) is 0 Å². The summed E-state index contributed by atoms with van der Waals surface area (Å²) in [4.78, 5) is 9.80. The minimum absolute atomic E-state index is 0.0427. The van der Waals surface area contributed by atoms with Crippen molar-refractivity contribution < 1.29 is 0 Å². The first-order valence-electron chi connectivity index (χ1n) is 6.00. The van der Waals surface area contributed by atoms with Crippen molar-refractivity contribution in [2.24, 2.45) is 5.84 Å². The highest BCUT2D eigenvalue weighted by Crippen LogP contribution is 2.28. The predicted octanol–water partition coefficient (Wildman–Crippen LogP) is 2.55. The van der Waals surface area contributed by atoms with Gasteiger partial charge >= 0.3 is 0 Å². The molecule has 1 aromatic carbocycles. The van der Waals surface area contributed by atoms with E-state index < -0.39 is 0 Å². The van der Waals surface area contributed by atoms with Crippen LogP contribution >= 0.6 is 11.3 Å². The van der Waals surface area contributed by atoms with Crippen molar-refractivity contribution in [3.05, 3.63) is 58.2 Å². The molecule has 0 aliphatic carbocycles. The molecule has 3 rings (SSSR count). The second kappa shape index (κ2) is 5.05. The van der Waals surface area contributed by atoms with Crippen molar-refractivity contribution in [2.75, 3.05) is 0 Å². The summed E-state index contributed by atoms with van der Waals surface area (Å²) in [5.41, 5.74) is 7.79. The molecule has 19 heavy (non-hydrogen) atoms. The van der Waals surface area contributed by atoms with E-state index >= 15 is 0 Å². The summed E-state index contributed by atoms with van der Waals surface area (Å²) in [5, 5.41) is 1.13. The van der Waals surface area contributed by atoms with Crippen LogP contribution in [0.2, 0.25) is 0 Å². The number of pyridine rings is 1. The number of hydrogen-bond donors (Lipinski definition) is 2. The minimum Gasteiger partial charge on any atom is -0.271 e. The molecule has 0 saturated carbocycles. The third kappa shape index (κ3) is 2.23. The molecule has 0 fully saturated rings. The zero-order valence-electron chi connectivity index (χ0n) is 10.5. The fourth-order valence-corrected chi connectivity index (χ4v) is 3.06. The Bertz CT molecular complexity index is 707. The highest BCUT2D eigenvalue weighted by Gasteiger charge is 2.17. The molecule has 0 aliphatic rings. The molecule has 5 heteroatoms. The summed E-state index contributed by atoms with van der Waals surface area (Å²) in [6.45, 7) is 2.00. The maximum atomic E-state index is 5.72. The molecule has 0 saturated heterocycles. The van der Waals surface area contributed by atoms with E-state index in [0.717, 1.165) is 27.0 Å². The molecule has 0 bridgehead atoms. The van der Waals surface area contributed by atoms with Crippen LogP contribution < -0.4 is 11.3 Å². The van der Waals surface area contributed by atoms with Crippen LogP contribution in [0.3, 0.4) is 0 Å². The molecule has 3 N–H and O–H groups in total. The standard InChI is InChI=1S/C14H14N4S/c1-9-14(19-8-17-9)13(18-15)11-5-4-10-3-2-6-16-12(10)7-11/h2-8,13,18H,15H2,1H3. The molecule has 3 aromatic rings.